The van der Waals surface area contributed by atoms with E-state index in [0.29, 0.717) is 17.9 Å². The summed E-state index contributed by atoms with van der Waals surface area (Å²) < 4.78 is 0. The van der Waals surface area contributed by atoms with Crippen molar-refractivity contribution < 1.29 is 4.79 Å². The molecule has 1 aliphatic carbocycles. The van der Waals surface area contributed by atoms with Crippen molar-refractivity contribution in [1.82, 2.24) is 20.3 Å². The first kappa shape index (κ1) is 14.3. The van der Waals surface area contributed by atoms with E-state index in [4.69, 9.17) is 5.84 Å². The minimum absolute atomic E-state index is 0.0680. The quantitative estimate of drug-likeness (QED) is 0.399. The van der Waals surface area contributed by atoms with E-state index in [1.54, 1.807) is 11.8 Å². The van der Waals surface area contributed by atoms with Gasteiger partial charge in [0.15, 0.2) is 0 Å². The van der Waals surface area contributed by atoms with Crippen molar-refractivity contribution in [3.63, 3.8) is 0 Å². The van der Waals surface area contributed by atoms with E-state index in [1.165, 1.54) is 0 Å². The number of aromatic nitrogens is 3. The van der Waals surface area contributed by atoms with Crippen LogP contribution in [0, 0.1) is 0 Å². The molecule has 9 heteroatoms. The molecule has 1 unspecified atom stereocenters. The number of nitrogens with one attached hydrogen (secondary N) is 3. The van der Waals surface area contributed by atoms with Crippen LogP contribution in [0.15, 0.2) is 0 Å². The number of carbonyl (C=O) groups excluding carboxylic acids is 1. The number of hydrazine groups is 1. The highest BCUT2D eigenvalue weighted by Gasteiger charge is 2.26. The Morgan fingerprint density at radius 2 is 1.95 bits per heavy atom. The van der Waals surface area contributed by atoms with Gasteiger partial charge in [0.1, 0.15) is 6.04 Å². The second-order valence-electron chi connectivity index (χ2n) is 4.97. The van der Waals surface area contributed by atoms with Crippen molar-refractivity contribution >= 4 is 23.8 Å². The average molecular weight is 280 g/mol. The number of rotatable bonds is 6. The third kappa shape index (κ3) is 3.67. The summed E-state index contributed by atoms with van der Waals surface area (Å²) in [6.45, 7) is 1.76. The summed E-state index contributed by atoms with van der Waals surface area (Å²) >= 11 is 0. The maximum absolute atomic E-state index is 11.9. The van der Waals surface area contributed by atoms with Crippen molar-refractivity contribution in [2.45, 2.75) is 31.8 Å². The Morgan fingerprint density at radius 1 is 1.30 bits per heavy atom. The summed E-state index contributed by atoms with van der Waals surface area (Å²) in [5.41, 5.74) is 2.38. The number of carbonyl (C=O) groups is 1. The summed E-state index contributed by atoms with van der Waals surface area (Å²) in [4.78, 5) is 26.0. The zero-order chi connectivity index (χ0) is 14.7. The van der Waals surface area contributed by atoms with Gasteiger partial charge in [-0.3, -0.25) is 10.2 Å². The summed E-state index contributed by atoms with van der Waals surface area (Å²) in [5.74, 6) is 6.24. The van der Waals surface area contributed by atoms with Gasteiger partial charge in [0, 0.05) is 20.1 Å². The minimum atomic E-state index is -0.432. The third-order valence-electron chi connectivity index (χ3n) is 2.82. The molecule has 110 valence electrons. The van der Waals surface area contributed by atoms with E-state index in [2.05, 4.69) is 31.0 Å². The van der Waals surface area contributed by atoms with Crippen LogP contribution in [-0.2, 0) is 4.79 Å². The number of anilines is 3. The van der Waals surface area contributed by atoms with Crippen LogP contribution in [0.1, 0.15) is 19.8 Å². The predicted octanol–water partition coefficient (Wildman–Crippen LogP) is -0.698. The van der Waals surface area contributed by atoms with E-state index >= 15 is 0 Å². The van der Waals surface area contributed by atoms with Gasteiger partial charge in [-0.05, 0) is 19.8 Å². The molecule has 1 aromatic heterocycles. The first-order chi connectivity index (χ1) is 9.49. The lowest BCUT2D eigenvalue weighted by atomic mass is 10.3. The van der Waals surface area contributed by atoms with Crippen LogP contribution < -0.4 is 26.8 Å². The van der Waals surface area contributed by atoms with Gasteiger partial charge in [0.2, 0.25) is 23.8 Å². The summed E-state index contributed by atoms with van der Waals surface area (Å²) in [5, 5.41) is 5.86. The Morgan fingerprint density at radius 3 is 2.50 bits per heavy atom. The summed E-state index contributed by atoms with van der Waals surface area (Å²) in [6.07, 6.45) is 2.10. The molecule has 1 aromatic rings. The van der Waals surface area contributed by atoms with Crippen molar-refractivity contribution in [3.05, 3.63) is 0 Å². The van der Waals surface area contributed by atoms with Gasteiger partial charge < -0.3 is 15.5 Å². The topological polar surface area (TPSA) is 121 Å². The number of hydrogen-bond donors (Lipinski definition) is 4. The molecule has 20 heavy (non-hydrogen) atoms. The smallest absolute Gasteiger partial charge is 0.243 e. The molecule has 0 radical (unpaired) electrons. The standard InChI is InChI=1S/C11H20N8O/c1-6(8(20)14-7-4-5-7)13-9-15-10(18-12)17-11(16-9)19(2)3/h6-7H,4-5,12H2,1-3H3,(H,14,20)(H2,13,15,16,17,18). The maximum atomic E-state index is 11.9. The van der Waals surface area contributed by atoms with E-state index in [-0.39, 0.29) is 11.9 Å². The van der Waals surface area contributed by atoms with Gasteiger partial charge in [0.25, 0.3) is 0 Å². The largest absolute Gasteiger partial charge is 0.352 e. The molecule has 0 aliphatic heterocycles. The molecule has 1 fully saturated rings. The Kier molecular flexibility index (Phi) is 4.18. The van der Waals surface area contributed by atoms with Crippen LogP contribution in [0.3, 0.4) is 0 Å². The number of nitrogens with zero attached hydrogens (tertiary/aromatic N) is 4. The van der Waals surface area contributed by atoms with E-state index in [0.717, 1.165) is 12.8 Å². The minimum Gasteiger partial charge on any atom is -0.352 e. The summed E-state index contributed by atoms with van der Waals surface area (Å²) in [6, 6.07) is -0.109. The molecule has 1 atom stereocenters. The van der Waals surface area contributed by atoms with Crippen molar-refractivity contribution in [1.29, 1.82) is 0 Å². The van der Waals surface area contributed by atoms with Gasteiger partial charge >= 0.3 is 0 Å². The Hall–Kier alpha value is -2.16. The highest BCUT2D eigenvalue weighted by atomic mass is 16.2. The second kappa shape index (κ2) is 5.87. The molecule has 0 spiro atoms. The second-order valence-corrected chi connectivity index (χ2v) is 4.97. The molecule has 1 amide bonds. The first-order valence-corrected chi connectivity index (χ1v) is 6.46. The van der Waals surface area contributed by atoms with E-state index in [9.17, 15) is 4.79 Å². The maximum Gasteiger partial charge on any atom is 0.243 e. The molecule has 9 nitrogen and oxygen atoms in total. The van der Waals surface area contributed by atoms with Crippen LogP contribution in [-0.4, -0.2) is 47.0 Å². The van der Waals surface area contributed by atoms with Crippen LogP contribution in [0.2, 0.25) is 0 Å². The molecule has 0 saturated heterocycles. The molecule has 0 aromatic carbocycles. The number of nitrogen functional groups attached to an aromatic ring is 1. The van der Waals surface area contributed by atoms with Gasteiger partial charge in [-0.15, -0.1) is 0 Å². The SMILES string of the molecule is CC(Nc1nc(NN)nc(N(C)C)n1)C(=O)NC1CC1. The van der Waals surface area contributed by atoms with E-state index < -0.39 is 6.04 Å². The molecule has 1 saturated carbocycles. The molecular weight excluding hydrogens is 260 g/mol. The Balaban J connectivity index is 2.06. The zero-order valence-corrected chi connectivity index (χ0v) is 11.8. The molecule has 5 N–H and O–H groups in total. The lowest BCUT2D eigenvalue weighted by molar-refractivity contribution is -0.121. The third-order valence-corrected chi connectivity index (χ3v) is 2.82. The van der Waals surface area contributed by atoms with Crippen LogP contribution >= 0.6 is 0 Å². The number of amides is 1. The van der Waals surface area contributed by atoms with Crippen LogP contribution in [0.5, 0.6) is 0 Å². The van der Waals surface area contributed by atoms with Gasteiger partial charge in [-0.1, -0.05) is 0 Å². The molecule has 0 bridgehead atoms. The number of nitrogens with two attached hydrogens (primary N) is 1. The monoisotopic (exact) mass is 280 g/mol. The van der Waals surface area contributed by atoms with Gasteiger partial charge in [-0.25, -0.2) is 5.84 Å². The van der Waals surface area contributed by atoms with Gasteiger partial charge in [0.05, 0.1) is 0 Å². The molecule has 1 aliphatic rings. The average Bonchev–Trinajstić information content (AvgIpc) is 3.22. The Bertz CT molecular complexity index is 487. The predicted molar refractivity (Wildman–Crippen MR) is 76.2 cm³/mol. The fourth-order valence-corrected chi connectivity index (χ4v) is 1.51. The van der Waals surface area contributed by atoms with Crippen molar-refractivity contribution in [2.75, 3.05) is 29.7 Å². The lowest BCUT2D eigenvalue weighted by Gasteiger charge is -2.16. The normalized spacial score (nSPS) is 15.4. The zero-order valence-electron chi connectivity index (χ0n) is 11.8. The Labute approximate surface area is 117 Å². The first-order valence-electron chi connectivity index (χ1n) is 6.46. The van der Waals surface area contributed by atoms with Crippen LogP contribution in [0.25, 0.3) is 0 Å². The van der Waals surface area contributed by atoms with Gasteiger partial charge in [-0.2, -0.15) is 15.0 Å². The van der Waals surface area contributed by atoms with E-state index in [1.807, 2.05) is 14.1 Å². The van der Waals surface area contributed by atoms with Crippen molar-refractivity contribution in [2.24, 2.45) is 5.84 Å². The molecular formula is C11H20N8O. The highest BCUT2D eigenvalue weighted by molar-refractivity contribution is 5.84. The summed E-state index contributed by atoms with van der Waals surface area (Å²) in [7, 11) is 3.62. The molecule has 1 heterocycles. The fourth-order valence-electron chi connectivity index (χ4n) is 1.51. The fraction of sp³-hybridized carbons (Fsp3) is 0.636. The van der Waals surface area contributed by atoms with Crippen LogP contribution in [0.4, 0.5) is 17.8 Å². The lowest BCUT2D eigenvalue weighted by Crippen LogP contribution is -2.39. The highest BCUT2D eigenvalue weighted by Crippen LogP contribution is 2.19. The van der Waals surface area contributed by atoms with Crippen molar-refractivity contribution in [3.8, 4) is 0 Å². The molecule has 2 rings (SSSR count). The number of hydrogen-bond acceptors (Lipinski definition) is 8.